The lowest BCUT2D eigenvalue weighted by atomic mass is 9.55. The number of likely N-dealkylation sites (N-methyl/N-ethyl adjacent to an activating group) is 1. The largest absolute Gasteiger partial charge is 0.489 e. The van der Waals surface area contributed by atoms with E-state index in [4.69, 9.17) is 9.47 Å². The highest BCUT2D eigenvalue weighted by Gasteiger charge is 2.55. The molecule has 1 unspecified atom stereocenters. The van der Waals surface area contributed by atoms with Gasteiger partial charge in [-0.15, -0.1) is 0 Å². The molecule has 32 heavy (non-hydrogen) atoms. The maximum Gasteiger partial charge on any atom is 0.120 e. The molecule has 0 aromatic heterocycles. The van der Waals surface area contributed by atoms with Gasteiger partial charge in [-0.2, -0.15) is 0 Å². The number of aryl methyl sites for hydroxylation is 1. The first-order chi connectivity index (χ1) is 15.5. The fourth-order valence-corrected chi connectivity index (χ4v) is 6.99. The monoisotopic (exact) mass is 433 g/mol. The smallest absolute Gasteiger partial charge is 0.120 e. The van der Waals surface area contributed by atoms with Crippen molar-refractivity contribution in [1.29, 1.82) is 0 Å². The summed E-state index contributed by atoms with van der Waals surface area (Å²) in [5.41, 5.74) is 4.72. The van der Waals surface area contributed by atoms with Crippen LogP contribution in [0.15, 0.2) is 48.5 Å². The Kier molecular flexibility index (Phi) is 6.31. The second-order valence-electron chi connectivity index (χ2n) is 10.8. The topological polar surface area (TPSA) is 21.7 Å². The summed E-state index contributed by atoms with van der Waals surface area (Å²) in [4.78, 5) is 2.22. The summed E-state index contributed by atoms with van der Waals surface area (Å²) in [6.45, 7) is 5.06. The molecule has 5 rings (SSSR count). The van der Waals surface area contributed by atoms with Crippen LogP contribution in [0, 0.1) is 17.3 Å². The van der Waals surface area contributed by atoms with Crippen LogP contribution >= 0.6 is 0 Å². The average Bonchev–Trinajstić information content (AvgIpc) is 3.14. The molecule has 3 heteroatoms. The molecule has 2 aromatic carbocycles. The first-order valence-electron chi connectivity index (χ1n) is 12.6. The number of ether oxygens (including phenoxy) is 2. The standard InChI is InChI=1S/C29H39NO2/c1-29-16-15-25-24-12-10-23(32-20-21-7-5-4-6-8-21)19-22(24)9-11-26(25)27(29)13-14-28(29)31-18-17-30(2)3/h4-8,10,12,19,25-28H,9,11,13-18,20H2,1-3H3/t25-,26-,27+,28?,29+/m1/s1. The van der Waals surface area contributed by atoms with Crippen molar-refractivity contribution in [1.82, 2.24) is 4.90 Å². The average molecular weight is 434 g/mol. The summed E-state index contributed by atoms with van der Waals surface area (Å²) in [7, 11) is 4.26. The number of fused-ring (bicyclic) bond motifs is 5. The normalized spacial score (nSPS) is 31.1. The van der Waals surface area contributed by atoms with Crippen LogP contribution in [0.5, 0.6) is 5.75 Å². The number of benzene rings is 2. The summed E-state index contributed by atoms with van der Waals surface area (Å²) in [5, 5.41) is 0. The van der Waals surface area contributed by atoms with Gasteiger partial charge in [0.15, 0.2) is 0 Å². The molecule has 2 saturated carbocycles. The quantitative estimate of drug-likeness (QED) is 0.529. The van der Waals surface area contributed by atoms with Crippen molar-refractivity contribution in [2.24, 2.45) is 17.3 Å². The van der Waals surface area contributed by atoms with Crippen LogP contribution in [-0.4, -0.2) is 38.3 Å². The highest BCUT2D eigenvalue weighted by molar-refractivity contribution is 5.41. The van der Waals surface area contributed by atoms with Crippen LogP contribution in [0.2, 0.25) is 0 Å². The molecule has 2 aromatic rings. The van der Waals surface area contributed by atoms with Crippen molar-refractivity contribution >= 4 is 0 Å². The molecule has 0 spiro atoms. The second kappa shape index (κ2) is 9.19. The molecule has 5 atom stereocenters. The van der Waals surface area contributed by atoms with E-state index in [2.05, 4.69) is 74.4 Å². The highest BCUT2D eigenvalue weighted by atomic mass is 16.5. The molecule has 3 aliphatic carbocycles. The molecule has 0 aliphatic heterocycles. The van der Waals surface area contributed by atoms with E-state index in [1.165, 1.54) is 49.7 Å². The van der Waals surface area contributed by atoms with Crippen molar-refractivity contribution in [3.63, 3.8) is 0 Å². The van der Waals surface area contributed by atoms with Crippen molar-refractivity contribution in [3.05, 3.63) is 65.2 Å². The van der Waals surface area contributed by atoms with Gasteiger partial charge in [0.1, 0.15) is 12.4 Å². The third-order valence-corrected chi connectivity index (χ3v) is 8.72. The van der Waals surface area contributed by atoms with Crippen LogP contribution < -0.4 is 4.74 Å². The fourth-order valence-electron chi connectivity index (χ4n) is 6.99. The van der Waals surface area contributed by atoms with Gasteiger partial charge in [-0.05, 0) is 105 Å². The fraction of sp³-hybridized carbons (Fsp3) is 0.586. The molecule has 0 saturated heterocycles. The Labute approximate surface area is 194 Å². The molecular formula is C29H39NO2. The Morgan fingerprint density at radius 3 is 2.66 bits per heavy atom. The maximum absolute atomic E-state index is 6.46. The maximum atomic E-state index is 6.46. The van der Waals surface area contributed by atoms with Crippen molar-refractivity contribution < 1.29 is 9.47 Å². The summed E-state index contributed by atoms with van der Waals surface area (Å²) in [6, 6.07) is 17.4. The second-order valence-corrected chi connectivity index (χ2v) is 10.8. The van der Waals surface area contributed by atoms with E-state index in [9.17, 15) is 0 Å². The van der Waals surface area contributed by atoms with Gasteiger partial charge in [-0.3, -0.25) is 0 Å². The van der Waals surface area contributed by atoms with Gasteiger partial charge in [0.25, 0.3) is 0 Å². The zero-order chi connectivity index (χ0) is 22.1. The van der Waals surface area contributed by atoms with E-state index in [0.717, 1.165) is 36.7 Å². The summed E-state index contributed by atoms with van der Waals surface area (Å²) < 4.78 is 12.6. The first-order valence-corrected chi connectivity index (χ1v) is 12.6. The van der Waals surface area contributed by atoms with E-state index in [-0.39, 0.29) is 0 Å². The van der Waals surface area contributed by atoms with Gasteiger partial charge in [-0.25, -0.2) is 0 Å². The lowest BCUT2D eigenvalue weighted by molar-refractivity contribution is -0.0661. The molecule has 0 radical (unpaired) electrons. The van der Waals surface area contributed by atoms with Crippen molar-refractivity contribution in [2.75, 3.05) is 27.2 Å². The SMILES string of the molecule is CN(C)CCOC1CC[C@H]2[C@@H]3CCc4cc(OCc5ccccc5)ccc4[C@H]3CC[C@]12C. The molecular weight excluding hydrogens is 394 g/mol. The minimum Gasteiger partial charge on any atom is -0.489 e. The van der Waals surface area contributed by atoms with Crippen LogP contribution in [0.4, 0.5) is 0 Å². The Bertz CT molecular complexity index is 911. The van der Waals surface area contributed by atoms with E-state index < -0.39 is 0 Å². The molecule has 0 N–H and O–H groups in total. The third kappa shape index (κ3) is 4.22. The molecule has 2 fully saturated rings. The highest BCUT2D eigenvalue weighted by Crippen LogP contribution is 2.61. The number of hydrogen-bond donors (Lipinski definition) is 0. The third-order valence-electron chi connectivity index (χ3n) is 8.72. The summed E-state index contributed by atoms with van der Waals surface area (Å²) in [5.74, 6) is 3.37. The van der Waals surface area contributed by atoms with Crippen molar-refractivity contribution in [3.8, 4) is 5.75 Å². The number of nitrogens with zero attached hydrogens (tertiary/aromatic N) is 1. The zero-order valence-electron chi connectivity index (χ0n) is 20.1. The summed E-state index contributed by atoms with van der Waals surface area (Å²) >= 11 is 0. The lowest BCUT2D eigenvalue weighted by Crippen LogP contribution is -2.45. The van der Waals surface area contributed by atoms with Gasteiger partial charge in [0, 0.05) is 6.54 Å². The molecule has 172 valence electrons. The molecule has 3 nitrogen and oxygen atoms in total. The first kappa shape index (κ1) is 22.0. The Morgan fingerprint density at radius 1 is 1.00 bits per heavy atom. The molecule has 0 bridgehead atoms. The number of rotatable bonds is 7. The molecule has 0 amide bonds. The lowest BCUT2D eigenvalue weighted by Gasteiger charge is -2.50. The van der Waals surface area contributed by atoms with E-state index in [1.54, 1.807) is 5.56 Å². The van der Waals surface area contributed by atoms with Gasteiger partial charge in [0.05, 0.1) is 12.7 Å². The van der Waals surface area contributed by atoms with Gasteiger partial charge < -0.3 is 14.4 Å². The van der Waals surface area contributed by atoms with Crippen LogP contribution in [0.3, 0.4) is 0 Å². The van der Waals surface area contributed by atoms with Gasteiger partial charge in [-0.1, -0.05) is 43.3 Å². The minimum atomic E-state index is 0.365. The van der Waals surface area contributed by atoms with Gasteiger partial charge in [0.2, 0.25) is 0 Å². The van der Waals surface area contributed by atoms with E-state index in [0.29, 0.717) is 18.1 Å². The van der Waals surface area contributed by atoms with Gasteiger partial charge >= 0.3 is 0 Å². The summed E-state index contributed by atoms with van der Waals surface area (Å²) in [6.07, 6.45) is 8.17. The van der Waals surface area contributed by atoms with Crippen molar-refractivity contribution in [2.45, 2.75) is 64.1 Å². The van der Waals surface area contributed by atoms with E-state index in [1.807, 2.05) is 0 Å². The Balaban J connectivity index is 1.26. The molecule has 3 aliphatic rings. The Hall–Kier alpha value is -1.84. The van der Waals surface area contributed by atoms with Crippen LogP contribution in [0.1, 0.15) is 61.6 Å². The van der Waals surface area contributed by atoms with Crippen LogP contribution in [-0.2, 0) is 17.8 Å². The molecule has 0 heterocycles. The predicted molar refractivity (Wildman–Crippen MR) is 130 cm³/mol. The van der Waals surface area contributed by atoms with E-state index >= 15 is 0 Å². The zero-order valence-corrected chi connectivity index (χ0v) is 20.1. The Morgan fingerprint density at radius 2 is 1.84 bits per heavy atom. The minimum absolute atomic E-state index is 0.365. The predicted octanol–water partition coefficient (Wildman–Crippen LogP) is 6.07. The van der Waals surface area contributed by atoms with Crippen LogP contribution in [0.25, 0.3) is 0 Å². The number of hydrogen-bond acceptors (Lipinski definition) is 3.